The van der Waals surface area contributed by atoms with Crippen LogP contribution in [0.1, 0.15) is 27.7 Å². The predicted molar refractivity (Wildman–Crippen MR) is 78.8 cm³/mol. The van der Waals surface area contributed by atoms with E-state index in [1.54, 1.807) is 26.0 Å². The van der Waals surface area contributed by atoms with E-state index in [1.807, 2.05) is 13.8 Å². The zero-order valence-electron chi connectivity index (χ0n) is 12.5. The minimum absolute atomic E-state index is 0.00510. The van der Waals surface area contributed by atoms with Crippen molar-refractivity contribution < 1.29 is 23.1 Å². The lowest BCUT2D eigenvalue weighted by Crippen LogP contribution is -2.44. The highest BCUT2D eigenvalue weighted by atomic mass is 32.2. The van der Waals surface area contributed by atoms with Crippen LogP contribution in [0.25, 0.3) is 0 Å². The average molecular weight is 315 g/mol. The van der Waals surface area contributed by atoms with E-state index in [0.717, 1.165) is 0 Å². The van der Waals surface area contributed by atoms with Gasteiger partial charge in [0.25, 0.3) is 0 Å². The molecule has 7 heteroatoms. The maximum Gasteiger partial charge on any atom is 0.322 e. The van der Waals surface area contributed by atoms with Gasteiger partial charge in [-0.3, -0.25) is 4.79 Å². The molecule has 0 saturated heterocycles. The molecule has 0 amide bonds. The molecule has 1 rings (SSSR count). The second-order valence-electron chi connectivity index (χ2n) is 5.32. The van der Waals surface area contributed by atoms with Gasteiger partial charge >= 0.3 is 5.97 Å². The van der Waals surface area contributed by atoms with Gasteiger partial charge in [-0.25, -0.2) is 8.42 Å². The van der Waals surface area contributed by atoms with Crippen LogP contribution in [0, 0.1) is 5.92 Å². The van der Waals surface area contributed by atoms with Crippen molar-refractivity contribution in [1.82, 2.24) is 4.72 Å². The van der Waals surface area contributed by atoms with Gasteiger partial charge in [-0.2, -0.15) is 4.72 Å². The SMILES string of the molecule is CC(C)Oc1ccc(S(=O)(=O)N[C@@H](C(=O)O)C(C)C)cc1. The fourth-order valence-electron chi connectivity index (χ4n) is 1.68. The molecule has 0 saturated carbocycles. The van der Waals surface area contributed by atoms with Gasteiger partial charge in [-0.15, -0.1) is 0 Å². The highest BCUT2D eigenvalue weighted by molar-refractivity contribution is 7.89. The van der Waals surface area contributed by atoms with Crippen LogP contribution < -0.4 is 9.46 Å². The van der Waals surface area contributed by atoms with Crippen LogP contribution in [0.4, 0.5) is 0 Å². The normalized spacial score (nSPS) is 13.4. The standard InChI is InChI=1S/C14H21NO5S/c1-9(2)13(14(16)17)15-21(18,19)12-7-5-11(6-8-12)20-10(3)4/h5-10,13,15H,1-4H3,(H,16,17)/t13-/m1/s1. The van der Waals surface area contributed by atoms with Crippen LogP contribution in [0.15, 0.2) is 29.2 Å². The molecule has 1 aromatic carbocycles. The molecule has 0 unspecified atom stereocenters. The van der Waals surface area contributed by atoms with Crippen LogP contribution in [-0.2, 0) is 14.8 Å². The van der Waals surface area contributed by atoms with Crippen LogP contribution in [0.3, 0.4) is 0 Å². The summed E-state index contributed by atoms with van der Waals surface area (Å²) in [5.74, 6) is -1.00. The maximum absolute atomic E-state index is 12.2. The molecule has 0 heterocycles. The number of hydrogen-bond acceptors (Lipinski definition) is 4. The Morgan fingerprint density at radius 2 is 1.67 bits per heavy atom. The summed E-state index contributed by atoms with van der Waals surface area (Å²) in [6, 6.07) is 4.69. The molecule has 0 fully saturated rings. The van der Waals surface area contributed by atoms with E-state index in [1.165, 1.54) is 12.1 Å². The summed E-state index contributed by atoms with van der Waals surface area (Å²) in [6.45, 7) is 7.01. The van der Waals surface area contributed by atoms with Gasteiger partial charge in [0.15, 0.2) is 0 Å². The van der Waals surface area contributed by atoms with Crippen LogP contribution in [0.2, 0.25) is 0 Å². The van der Waals surface area contributed by atoms with E-state index in [2.05, 4.69) is 4.72 Å². The minimum atomic E-state index is -3.88. The Bertz CT molecular complexity index is 578. The molecule has 6 nitrogen and oxygen atoms in total. The Hall–Kier alpha value is -1.60. The summed E-state index contributed by atoms with van der Waals surface area (Å²) in [5.41, 5.74) is 0. The lowest BCUT2D eigenvalue weighted by Gasteiger charge is -2.18. The van der Waals surface area contributed by atoms with Gasteiger partial charge < -0.3 is 9.84 Å². The van der Waals surface area contributed by atoms with Crippen molar-refractivity contribution in [1.29, 1.82) is 0 Å². The largest absolute Gasteiger partial charge is 0.491 e. The number of carboxylic acids is 1. The van der Waals surface area contributed by atoms with E-state index in [0.29, 0.717) is 5.75 Å². The van der Waals surface area contributed by atoms with Gasteiger partial charge in [0.1, 0.15) is 11.8 Å². The molecular formula is C14H21NO5S. The number of rotatable bonds is 7. The molecular weight excluding hydrogens is 294 g/mol. The molecule has 0 aromatic heterocycles. The van der Waals surface area contributed by atoms with Crippen molar-refractivity contribution in [2.75, 3.05) is 0 Å². The number of ether oxygens (including phenoxy) is 1. The van der Waals surface area contributed by atoms with E-state index in [9.17, 15) is 13.2 Å². The molecule has 0 aliphatic carbocycles. The van der Waals surface area contributed by atoms with Gasteiger partial charge in [-0.1, -0.05) is 13.8 Å². The number of benzene rings is 1. The number of hydrogen-bond donors (Lipinski definition) is 2. The van der Waals surface area contributed by atoms with Crippen molar-refractivity contribution in [3.63, 3.8) is 0 Å². The van der Waals surface area contributed by atoms with E-state index < -0.39 is 22.0 Å². The zero-order valence-corrected chi connectivity index (χ0v) is 13.3. The molecule has 0 bridgehead atoms. The van der Waals surface area contributed by atoms with Gasteiger partial charge in [0.05, 0.1) is 11.0 Å². The summed E-state index contributed by atoms with van der Waals surface area (Å²) in [6.07, 6.45) is -0.0112. The number of carbonyl (C=O) groups is 1. The zero-order chi connectivity index (χ0) is 16.2. The van der Waals surface area contributed by atoms with E-state index >= 15 is 0 Å². The van der Waals surface area contributed by atoms with Crippen molar-refractivity contribution in [2.24, 2.45) is 5.92 Å². The summed E-state index contributed by atoms with van der Waals surface area (Å²) in [7, 11) is -3.88. The van der Waals surface area contributed by atoms with Crippen LogP contribution >= 0.6 is 0 Å². The lowest BCUT2D eigenvalue weighted by atomic mass is 10.1. The van der Waals surface area contributed by atoms with Crippen molar-refractivity contribution in [3.05, 3.63) is 24.3 Å². The second kappa shape index (κ2) is 6.91. The first-order valence-corrected chi connectivity index (χ1v) is 8.13. The minimum Gasteiger partial charge on any atom is -0.491 e. The quantitative estimate of drug-likeness (QED) is 0.801. The fraction of sp³-hybridized carbons (Fsp3) is 0.500. The highest BCUT2D eigenvalue weighted by Crippen LogP contribution is 2.18. The molecule has 2 N–H and O–H groups in total. The number of sulfonamides is 1. The molecule has 1 aromatic rings. The maximum atomic E-state index is 12.2. The third kappa shape index (κ3) is 5.02. The first-order valence-electron chi connectivity index (χ1n) is 6.65. The highest BCUT2D eigenvalue weighted by Gasteiger charge is 2.27. The Labute approximate surface area is 125 Å². The first kappa shape index (κ1) is 17.5. The average Bonchev–Trinajstić information content (AvgIpc) is 2.35. The monoisotopic (exact) mass is 315 g/mol. The summed E-state index contributed by atoms with van der Waals surface area (Å²) < 4.78 is 32.0. The number of carboxylic acid groups (broad SMARTS) is 1. The first-order chi connectivity index (χ1) is 9.63. The summed E-state index contributed by atoms with van der Waals surface area (Å²) in [5, 5.41) is 9.05. The third-order valence-corrected chi connectivity index (χ3v) is 4.18. The van der Waals surface area contributed by atoms with Crippen molar-refractivity contribution in [2.45, 2.75) is 44.7 Å². The van der Waals surface area contributed by atoms with Crippen LogP contribution in [0.5, 0.6) is 5.75 Å². The smallest absolute Gasteiger partial charge is 0.322 e. The molecule has 0 radical (unpaired) electrons. The molecule has 0 aliphatic heterocycles. The van der Waals surface area contributed by atoms with Crippen molar-refractivity contribution in [3.8, 4) is 5.75 Å². The molecule has 0 spiro atoms. The second-order valence-corrected chi connectivity index (χ2v) is 7.03. The molecule has 118 valence electrons. The Morgan fingerprint density at radius 3 is 2.05 bits per heavy atom. The predicted octanol–water partition coefficient (Wildman–Crippen LogP) is 1.86. The summed E-state index contributed by atoms with van der Waals surface area (Å²) in [4.78, 5) is 11.1. The van der Waals surface area contributed by atoms with Crippen molar-refractivity contribution >= 4 is 16.0 Å². The van der Waals surface area contributed by atoms with Crippen LogP contribution in [-0.4, -0.2) is 31.6 Å². The Balaban J connectivity index is 2.95. The lowest BCUT2D eigenvalue weighted by molar-refractivity contribution is -0.140. The number of aliphatic carboxylic acids is 1. The Morgan fingerprint density at radius 1 is 1.14 bits per heavy atom. The van der Waals surface area contributed by atoms with Gasteiger partial charge in [0, 0.05) is 0 Å². The molecule has 1 atom stereocenters. The topological polar surface area (TPSA) is 92.7 Å². The molecule has 21 heavy (non-hydrogen) atoms. The fourth-order valence-corrected chi connectivity index (χ4v) is 3.01. The molecule has 0 aliphatic rings. The summed E-state index contributed by atoms with van der Waals surface area (Å²) >= 11 is 0. The van der Waals surface area contributed by atoms with Gasteiger partial charge in [0.2, 0.25) is 10.0 Å². The number of nitrogens with one attached hydrogen (secondary N) is 1. The van der Waals surface area contributed by atoms with E-state index in [4.69, 9.17) is 9.84 Å². The van der Waals surface area contributed by atoms with Gasteiger partial charge in [-0.05, 0) is 44.0 Å². The van der Waals surface area contributed by atoms with E-state index in [-0.39, 0.29) is 16.9 Å². The third-order valence-electron chi connectivity index (χ3n) is 2.72. The Kier molecular flexibility index (Phi) is 5.74.